The summed E-state index contributed by atoms with van der Waals surface area (Å²) in [6.07, 6.45) is 6.22. The average Bonchev–Trinajstić information content (AvgIpc) is 2.80. The highest BCUT2D eigenvalue weighted by atomic mass is 16.1. The fourth-order valence-electron chi connectivity index (χ4n) is 3.98. The molecule has 9 heteroatoms. The molecule has 1 aromatic heterocycles. The number of nitrogens with zero attached hydrogens (tertiary/aromatic N) is 5. The Balaban J connectivity index is 1.50. The molecule has 3 N–H and O–H groups in total. The molecule has 0 unspecified atom stereocenters. The molecular formula is C21H27N7O2. The lowest BCUT2D eigenvalue weighted by molar-refractivity contribution is -0.111. The summed E-state index contributed by atoms with van der Waals surface area (Å²) in [5, 5.41) is 11.3. The Hall–Kier alpha value is -3.23. The average molecular weight is 409 g/mol. The van der Waals surface area contributed by atoms with E-state index in [1.165, 1.54) is 6.42 Å². The summed E-state index contributed by atoms with van der Waals surface area (Å²) in [5.74, 6) is 0.334. The molecule has 4 rings (SSSR count). The van der Waals surface area contributed by atoms with E-state index in [2.05, 4.69) is 30.3 Å². The molecule has 2 aliphatic rings. The Kier molecular flexibility index (Phi) is 6.06. The third kappa shape index (κ3) is 4.50. The molecule has 0 spiro atoms. The van der Waals surface area contributed by atoms with Gasteiger partial charge in [-0.2, -0.15) is 4.98 Å². The predicted molar refractivity (Wildman–Crippen MR) is 115 cm³/mol. The molecule has 0 atom stereocenters. The third-order valence-electron chi connectivity index (χ3n) is 5.78. The Morgan fingerprint density at radius 2 is 1.70 bits per heavy atom. The van der Waals surface area contributed by atoms with E-state index in [1.807, 2.05) is 24.3 Å². The molecule has 1 amide bonds. The lowest BCUT2D eigenvalue weighted by Gasteiger charge is -2.31. The van der Waals surface area contributed by atoms with Crippen LogP contribution < -0.4 is 20.9 Å². The third-order valence-corrected chi connectivity index (χ3v) is 5.78. The van der Waals surface area contributed by atoms with Crippen LogP contribution in [-0.2, 0) is 4.79 Å². The van der Waals surface area contributed by atoms with E-state index in [-0.39, 0.29) is 11.6 Å². The maximum absolute atomic E-state index is 11.8. The van der Waals surface area contributed by atoms with Crippen LogP contribution in [0, 0.1) is 5.92 Å². The summed E-state index contributed by atoms with van der Waals surface area (Å²) in [4.78, 5) is 31.6. The number of carbonyl (C=O) groups excluding carboxylic acids is 2. The second-order valence-corrected chi connectivity index (χ2v) is 7.85. The van der Waals surface area contributed by atoms with Crippen LogP contribution in [0.5, 0.6) is 0 Å². The van der Waals surface area contributed by atoms with Crippen LogP contribution in [0.3, 0.4) is 0 Å². The quantitative estimate of drug-likeness (QED) is 0.697. The highest BCUT2D eigenvalue weighted by molar-refractivity contribution is 5.96. The van der Waals surface area contributed by atoms with E-state index in [0.29, 0.717) is 11.8 Å². The smallest absolute Gasteiger partial charge is 0.273 e. The largest absolute Gasteiger partial charge is 0.371 e. The van der Waals surface area contributed by atoms with Crippen molar-refractivity contribution in [1.82, 2.24) is 15.2 Å². The van der Waals surface area contributed by atoms with Crippen LogP contribution >= 0.6 is 0 Å². The van der Waals surface area contributed by atoms with Crippen molar-refractivity contribution in [2.75, 3.05) is 41.3 Å². The van der Waals surface area contributed by atoms with Crippen LogP contribution in [-0.4, -0.2) is 53.6 Å². The van der Waals surface area contributed by atoms with Gasteiger partial charge < -0.3 is 25.6 Å². The zero-order valence-electron chi connectivity index (χ0n) is 17.0. The number of aromatic nitrogens is 3. The van der Waals surface area contributed by atoms with Gasteiger partial charge in [0, 0.05) is 43.5 Å². The Morgan fingerprint density at radius 3 is 2.33 bits per heavy atom. The van der Waals surface area contributed by atoms with Gasteiger partial charge in [-0.3, -0.25) is 4.79 Å². The van der Waals surface area contributed by atoms with E-state index < -0.39 is 5.91 Å². The lowest BCUT2D eigenvalue weighted by atomic mass is 9.98. The fourth-order valence-corrected chi connectivity index (χ4v) is 3.98. The van der Waals surface area contributed by atoms with E-state index in [9.17, 15) is 9.59 Å². The van der Waals surface area contributed by atoms with Gasteiger partial charge in [0.2, 0.25) is 5.95 Å². The van der Waals surface area contributed by atoms with E-state index in [0.717, 1.165) is 69.5 Å². The molecule has 0 bridgehead atoms. The number of aldehydes is 1. The number of nitrogens with two attached hydrogens (primary N) is 1. The van der Waals surface area contributed by atoms with Crippen molar-refractivity contribution in [1.29, 1.82) is 0 Å². The Bertz CT molecular complexity index is 889. The first-order valence-corrected chi connectivity index (χ1v) is 10.5. The van der Waals surface area contributed by atoms with E-state index >= 15 is 0 Å². The van der Waals surface area contributed by atoms with Crippen LogP contribution in [0.25, 0.3) is 0 Å². The maximum Gasteiger partial charge on any atom is 0.273 e. The highest BCUT2D eigenvalue weighted by Gasteiger charge is 2.21. The zero-order chi connectivity index (χ0) is 20.9. The molecule has 3 heterocycles. The first kappa shape index (κ1) is 20.1. The summed E-state index contributed by atoms with van der Waals surface area (Å²) in [7, 11) is 0. The Labute approximate surface area is 175 Å². The number of nitrogens with one attached hydrogen (secondary N) is 1. The van der Waals surface area contributed by atoms with E-state index in [1.54, 1.807) is 0 Å². The number of piperidine rings is 2. The van der Waals surface area contributed by atoms with Gasteiger partial charge in [0.15, 0.2) is 11.5 Å². The molecule has 0 aliphatic carbocycles. The van der Waals surface area contributed by atoms with Gasteiger partial charge in [0.05, 0.1) is 0 Å². The van der Waals surface area contributed by atoms with Gasteiger partial charge in [-0.05, 0) is 56.4 Å². The van der Waals surface area contributed by atoms with Gasteiger partial charge in [-0.15, -0.1) is 10.2 Å². The number of primary amides is 1. The second-order valence-electron chi connectivity index (χ2n) is 7.85. The molecule has 2 fully saturated rings. The summed E-state index contributed by atoms with van der Waals surface area (Å²) in [6, 6.07) is 7.92. The standard InChI is InChI=1S/C21H27N7O2/c22-19(30)18-20(24-21(26-25-18)28-10-2-1-3-11-28)23-16-4-6-17(7-5-16)27-12-8-15(14-29)9-13-27/h4-7,14-15H,1-3,8-13H2,(H2,22,30)(H,23,24,26). The van der Waals surface area contributed by atoms with Crippen LogP contribution in [0.15, 0.2) is 24.3 Å². The van der Waals surface area contributed by atoms with Crippen molar-refractivity contribution < 1.29 is 9.59 Å². The molecule has 2 aliphatic heterocycles. The first-order chi connectivity index (χ1) is 14.6. The number of hydrogen-bond acceptors (Lipinski definition) is 8. The molecule has 0 radical (unpaired) electrons. The summed E-state index contributed by atoms with van der Waals surface area (Å²) in [6.45, 7) is 3.51. The van der Waals surface area contributed by atoms with Crippen LogP contribution in [0.1, 0.15) is 42.6 Å². The maximum atomic E-state index is 11.8. The monoisotopic (exact) mass is 409 g/mol. The summed E-state index contributed by atoms with van der Waals surface area (Å²) < 4.78 is 0. The molecule has 158 valence electrons. The lowest BCUT2D eigenvalue weighted by Crippen LogP contribution is -2.34. The summed E-state index contributed by atoms with van der Waals surface area (Å²) >= 11 is 0. The van der Waals surface area contributed by atoms with Crippen molar-refractivity contribution in [2.45, 2.75) is 32.1 Å². The first-order valence-electron chi connectivity index (χ1n) is 10.5. The van der Waals surface area contributed by atoms with Crippen molar-refractivity contribution in [3.8, 4) is 0 Å². The molecule has 30 heavy (non-hydrogen) atoms. The van der Waals surface area contributed by atoms with Gasteiger partial charge >= 0.3 is 0 Å². The van der Waals surface area contributed by atoms with Gasteiger partial charge in [0.1, 0.15) is 6.29 Å². The van der Waals surface area contributed by atoms with Crippen molar-refractivity contribution in [2.24, 2.45) is 11.7 Å². The van der Waals surface area contributed by atoms with E-state index in [4.69, 9.17) is 5.73 Å². The normalized spacial score (nSPS) is 17.6. The molecule has 1 aromatic carbocycles. The second kappa shape index (κ2) is 9.06. The topological polar surface area (TPSA) is 117 Å². The predicted octanol–water partition coefficient (Wildman–Crippen LogP) is 2.12. The molecular weight excluding hydrogens is 382 g/mol. The van der Waals surface area contributed by atoms with Crippen molar-refractivity contribution in [3.63, 3.8) is 0 Å². The molecule has 2 saturated heterocycles. The fraction of sp³-hybridized carbons (Fsp3) is 0.476. The van der Waals surface area contributed by atoms with Crippen molar-refractivity contribution >= 4 is 35.3 Å². The summed E-state index contributed by atoms with van der Waals surface area (Å²) in [5.41, 5.74) is 7.39. The number of amides is 1. The number of hydrogen-bond donors (Lipinski definition) is 2. The van der Waals surface area contributed by atoms with Crippen LogP contribution in [0.4, 0.5) is 23.1 Å². The SMILES string of the molecule is NC(=O)c1nnc(N2CCCCC2)nc1Nc1ccc(N2CCC(C=O)CC2)cc1. The highest BCUT2D eigenvalue weighted by Crippen LogP contribution is 2.26. The Morgan fingerprint density at radius 1 is 1.00 bits per heavy atom. The number of anilines is 4. The van der Waals surface area contributed by atoms with Crippen LogP contribution in [0.2, 0.25) is 0 Å². The zero-order valence-corrected chi connectivity index (χ0v) is 17.0. The van der Waals surface area contributed by atoms with Crippen molar-refractivity contribution in [3.05, 3.63) is 30.0 Å². The molecule has 9 nitrogen and oxygen atoms in total. The molecule has 2 aromatic rings. The number of carbonyl (C=O) groups is 2. The minimum absolute atomic E-state index is 0.0239. The van der Waals surface area contributed by atoms with Gasteiger partial charge in [-0.1, -0.05) is 0 Å². The van der Waals surface area contributed by atoms with Gasteiger partial charge in [0.25, 0.3) is 5.91 Å². The molecule has 0 saturated carbocycles. The minimum atomic E-state index is -0.669. The van der Waals surface area contributed by atoms with Gasteiger partial charge in [-0.25, -0.2) is 0 Å². The number of benzene rings is 1. The minimum Gasteiger partial charge on any atom is -0.371 e. The number of rotatable bonds is 6.